The van der Waals surface area contributed by atoms with Crippen molar-refractivity contribution in [3.05, 3.63) is 29.8 Å². The van der Waals surface area contributed by atoms with Crippen molar-refractivity contribution in [1.82, 2.24) is 4.90 Å². The van der Waals surface area contributed by atoms with E-state index in [0.717, 1.165) is 37.8 Å². The minimum atomic E-state index is -0.136. The summed E-state index contributed by atoms with van der Waals surface area (Å²) in [6.07, 6.45) is 4.74. The molecular weight excluding hydrogens is 316 g/mol. The number of para-hydroxylation sites is 1. The summed E-state index contributed by atoms with van der Waals surface area (Å²) in [7, 11) is 0. The molecule has 132 valence electrons. The molecule has 5 nitrogen and oxygen atoms in total. The fraction of sp³-hybridized carbons (Fsp3) is 0.550. The fourth-order valence-corrected chi connectivity index (χ4v) is 4.72. The molecule has 1 saturated heterocycles. The Kier molecular flexibility index (Phi) is 4.10. The second-order valence-corrected chi connectivity index (χ2v) is 7.52. The summed E-state index contributed by atoms with van der Waals surface area (Å²) >= 11 is 0. The lowest BCUT2D eigenvalue weighted by molar-refractivity contribution is -0.140. The minimum absolute atomic E-state index is 0.00655. The predicted octanol–water partition coefficient (Wildman–Crippen LogP) is 2.53. The first-order valence-electron chi connectivity index (χ1n) is 9.33. The lowest BCUT2D eigenvalue weighted by Gasteiger charge is -2.24. The van der Waals surface area contributed by atoms with E-state index in [0.29, 0.717) is 0 Å². The van der Waals surface area contributed by atoms with Gasteiger partial charge in [-0.25, -0.2) is 0 Å². The van der Waals surface area contributed by atoms with Gasteiger partial charge in [0.15, 0.2) is 0 Å². The predicted molar refractivity (Wildman–Crippen MR) is 93.9 cm³/mol. The molecule has 0 N–H and O–H groups in total. The Bertz CT molecular complexity index is 705. The van der Waals surface area contributed by atoms with Crippen LogP contribution < -0.4 is 4.90 Å². The Morgan fingerprint density at radius 3 is 2.40 bits per heavy atom. The van der Waals surface area contributed by atoms with Gasteiger partial charge < -0.3 is 4.90 Å². The number of carbonyl (C=O) groups is 3. The third-order valence-electron chi connectivity index (χ3n) is 5.96. The van der Waals surface area contributed by atoms with E-state index in [1.54, 1.807) is 0 Å². The van der Waals surface area contributed by atoms with Crippen molar-refractivity contribution < 1.29 is 14.4 Å². The molecule has 0 bridgehead atoms. The van der Waals surface area contributed by atoms with Crippen molar-refractivity contribution in [3.8, 4) is 0 Å². The van der Waals surface area contributed by atoms with Crippen LogP contribution in [0.15, 0.2) is 24.3 Å². The van der Waals surface area contributed by atoms with E-state index in [1.807, 2.05) is 30.0 Å². The Morgan fingerprint density at radius 2 is 1.72 bits per heavy atom. The van der Waals surface area contributed by atoms with Crippen LogP contribution in [0, 0.1) is 11.8 Å². The lowest BCUT2D eigenvalue weighted by atomic mass is 9.81. The largest absolute Gasteiger partial charge is 0.309 e. The second-order valence-electron chi connectivity index (χ2n) is 7.52. The van der Waals surface area contributed by atoms with Gasteiger partial charge in [0.05, 0.1) is 11.8 Å². The van der Waals surface area contributed by atoms with Crippen molar-refractivity contribution in [3.63, 3.8) is 0 Å². The first-order valence-corrected chi connectivity index (χ1v) is 9.33. The maximum atomic E-state index is 12.8. The van der Waals surface area contributed by atoms with Gasteiger partial charge in [-0.1, -0.05) is 31.0 Å². The Balaban J connectivity index is 1.44. The molecule has 3 unspecified atom stereocenters. The summed E-state index contributed by atoms with van der Waals surface area (Å²) in [6.45, 7) is 2.26. The number of fused-ring (bicyclic) bond motifs is 2. The quantitative estimate of drug-likeness (QED) is 0.795. The Morgan fingerprint density at radius 1 is 1.08 bits per heavy atom. The highest BCUT2D eigenvalue weighted by Crippen LogP contribution is 2.38. The normalized spacial score (nSPS) is 28.3. The molecule has 0 aromatic heterocycles. The zero-order valence-electron chi connectivity index (χ0n) is 14.6. The highest BCUT2D eigenvalue weighted by Gasteiger charge is 2.48. The van der Waals surface area contributed by atoms with Gasteiger partial charge in [0.2, 0.25) is 17.7 Å². The van der Waals surface area contributed by atoms with Crippen LogP contribution in [0.2, 0.25) is 0 Å². The maximum absolute atomic E-state index is 12.8. The standard InChI is InChI=1S/C20H24N2O3/c1-13-12-14-6-2-5-9-17(14)22(13)18(23)10-11-21-19(24)15-7-3-4-8-16(15)20(21)25/h2,5-6,9,13,15-16H,3-4,7-8,10-12H2,1H3. The molecule has 0 spiro atoms. The molecular formula is C20H24N2O3. The molecule has 5 heteroatoms. The van der Waals surface area contributed by atoms with Crippen LogP contribution in [0.5, 0.6) is 0 Å². The van der Waals surface area contributed by atoms with Crippen LogP contribution in [0.3, 0.4) is 0 Å². The topological polar surface area (TPSA) is 57.7 Å². The third kappa shape index (κ3) is 2.66. The molecule has 3 atom stereocenters. The van der Waals surface area contributed by atoms with E-state index >= 15 is 0 Å². The van der Waals surface area contributed by atoms with Gasteiger partial charge in [-0.15, -0.1) is 0 Å². The number of hydrogen-bond acceptors (Lipinski definition) is 3. The van der Waals surface area contributed by atoms with Crippen molar-refractivity contribution in [2.24, 2.45) is 11.8 Å². The van der Waals surface area contributed by atoms with Gasteiger partial charge in [-0.3, -0.25) is 19.3 Å². The Hall–Kier alpha value is -2.17. The van der Waals surface area contributed by atoms with Crippen molar-refractivity contribution in [2.45, 2.75) is 51.5 Å². The van der Waals surface area contributed by atoms with Crippen molar-refractivity contribution in [2.75, 3.05) is 11.4 Å². The number of nitrogens with zero attached hydrogens (tertiary/aromatic N) is 2. The number of amides is 3. The van der Waals surface area contributed by atoms with Gasteiger partial charge in [0.1, 0.15) is 0 Å². The van der Waals surface area contributed by atoms with Crippen LogP contribution in [0.1, 0.15) is 44.6 Å². The lowest BCUT2D eigenvalue weighted by Crippen LogP contribution is -2.39. The molecule has 3 amide bonds. The van der Waals surface area contributed by atoms with E-state index in [-0.39, 0.29) is 48.6 Å². The smallest absolute Gasteiger partial charge is 0.233 e. The molecule has 1 aliphatic carbocycles. The number of anilines is 1. The van der Waals surface area contributed by atoms with Crippen molar-refractivity contribution in [1.29, 1.82) is 0 Å². The van der Waals surface area contributed by atoms with Crippen LogP contribution in [-0.4, -0.2) is 35.2 Å². The summed E-state index contributed by atoms with van der Waals surface area (Å²) in [5.74, 6) is -0.395. The number of imide groups is 1. The van der Waals surface area contributed by atoms with E-state index in [2.05, 4.69) is 6.07 Å². The zero-order valence-corrected chi connectivity index (χ0v) is 14.6. The van der Waals surface area contributed by atoms with Crippen LogP contribution in [0.4, 0.5) is 5.69 Å². The molecule has 1 aromatic carbocycles. The Labute approximate surface area is 148 Å². The molecule has 25 heavy (non-hydrogen) atoms. The van der Waals surface area contributed by atoms with Gasteiger partial charge in [0.25, 0.3) is 0 Å². The molecule has 3 aliphatic rings. The molecule has 1 saturated carbocycles. The van der Waals surface area contributed by atoms with Gasteiger partial charge in [-0.2, -0.15) is 0 Å². The molecule has 2 heterocycles. The second kappa shape index (κ2) is 6.28. The maximum Gasteiger partial charge on any atom is 0.233 e. The van der Waals surface area contributed by atoms with Gasteiger partial charge in [0, 0.05) is 24.7 Å². The van der Waals surface area contributed by atoms with E-state index < -0.39 is 0 Å². The van der Waals surface area contributed by atoms with Crippen LogP contribution in [0.25, 0.3) is 0 Å². The monoisotopic (exact) mass is 340 g/mol. The highest BCUT2D eigenvalue weighted by molar-refractivity contribution is 6.05. The average Bonchev–Trinajstić information content (AvgIpc) is 3.08. The van der Waals surface area contributed by atoms with E-state index in [1.165, 1.54) is 10.5 Å². The molecule has 1 aromatic rings. The number of rotatable bonds is 3. The SMILES string of the molecule is CC1Cc2ccccc2N1C(=O)CCN1C(=O)C2CCCCC2C1=O. The first kappa shape index (κ1) is 16.3. The summed E-state index contributed by atoms with van der Waals surface area (Å²) < 4.78 is 0. The molecule has 4 rings (SSSR count). The highest BCUT2D eigenvalue weighted by atomic mass is 16.2. The molecule has 2 aliphatic heterocycles. The van der Waals surface area contributed by atoms with Gasteiger partial charge in [-0.05, 0) is 37.8 Å². The summed E-state index contributed by atoms with van der Waals surface area (Å²) in [5.41, 5.74) is 2.15. The summed E-state index contributed by atoms with van der Waals surface area (Å²) in [5, 5.41) is 0. The third-order valence-corrected chi connectivity index (χ3v) is 5.96. The van der Waals surface area contributed by atoms with E-state index in [9.17, 15) is 14.4 Å². The molecule has 2 fully saturated rings. The fourth-order valence-electron chi connectivity index (χ4n) is 4.72. The average molecular weight is 340 g/mol. The number of hydrogen-bond donors (Lipinski definition) is 0. The minimum Gasteiger partial charge on any atom is -0.309 e. The van der Waals surface area contributed by atoms with Crippen LogP contribution >= 0.6 is 0 Å². The zero-order chi connectivity index (χ0) is 17.6. The summed E-state index contributed by atoms with van der Waals surface area (Å²) in [4.78, 5) is 41.0. The number of likely N-dealkylation sites (tertiary alicyclic amines) is 1. The first-order chi connectivity index (χ1) is 12.1. The van der Waals surface area contributed by atoms with Crippen molar-refractivity contribution >= 4 is 23.4 Å². The van der Waals surface area contributed by atoms with Crippen LogP contribution in [-0.2, 0) is 20.8 Å². The number of benzene rings is 1. The van der Waals surface area contributed by atoms with Gasteiger partial charge >= 0.3 is 0 Å². The summed E-state index contributed by atoms with van der Waals surface area (Å²) in [6, 6.07) is 8.07. The van der Waals surface area contributed by atoms with E-state index in [4.69, 9.17) is 0 Å². The number of carbonyl (C=O) groups excluding carboxylic acids is 3. The molecule has 0 radical (unpaired) electrons.